The number of methoxy groups -OCH3 is 1. The fraction of sp³-hybridized carbons (Fsp3) is 0.250. The van der Waals surface area contributed by atoms with Crippen LogP contribution >= 0.6 is 12.1 Å². The van der Waals surface area contributed by atoms with Gasteiger partial charge in [-0.2, -0.15) is 0 Å². The second kappa shape index (κ2) is 9.76. The molecule has 3 aliphatic rings. The van der Waals surface area contributed by atoms with Gasteiger partial charge in [-0.05, 0) is 48.6 Å². The summed E-state index contributed by atoms with van der Waals surface area (Å²) in [5.41, 5.74) is 2.60. The van der Waals surface area contributed by atoms with Crippen LogP contribution in [0.5, 0.6) is 5.75 Å². The zero-order valence-electron chi connectivity index (χ0n) is 19.0. The number of piperazine rings is 1. The van der Waals surface area contributed by atoms with Crippen molar-refractivity contribution in [1.82, 2.24) is 9.62 Å². The van der Waals surface area contributed by atoms with Crippen molar-refractivity contribution in [3.05, 3.63) is 77.2 Å². The second-order valence-electron chi connectivity index (χ2n) is 8.22. The molecular formula is C24H25N5O4S2. The average Bonchev–Trinajstić information content (AvgIpc) is 3.37. The van der Waals surface area contributed by atoms with E-state index >= 15 is 0 Å². The minimum atomic E-state index is -3.79. The van der Waals surface area contributed by atoms with Crippen molar-refractivity contribution in [2.75, 3.05) is 42.9 Å². The molecule has 1 amide bonds. The van der Waals surface area contributed by atoms with E-state index in [1.807, 2.05) is 29.2 Å². The van der Waals surface area contributed by atoms with Gasteiger partial charge in [-0.1, -0.05) is 18.2 Å². The summed E-state index contributed by atoms with van der Waals surface area (Å²) in [5, 5.41) is 0. The molecule has 1 atom stereocenters. The van der Waals surface area contributed by atoms with Crippen molar-refractivity contribution in [1.29, 1.82) is 0 Å². The standard InChI is InChI=1S/C24H25N5O4S2/c1-33-21-7-3-2-6-20(21)28-13-15-29(16-14-28)24(30)17-9-11-18(12-10-17)27-35(31,32)22-8-4-5-19-23(22)26-34-25-19/h2-12,23,26-27H,13-16H2,1H3. The Balaban J connectivity index is 1.22. The van der Waals surface area contributed by atoms with Crippen molar-refractivity contribution in [2.24, 2.45) is 4.40 Å². The maximum Gasteiger partial charge on any atom is 0.260 e. The number of hydrogen-bond donors (Lipinski definition) is 2. The van der Waals surface area contributed by atoms with Gasteiger partial charge in [-0.25, -0.2) is 17.5 Å². The third-order valence-corrected chi connectivity index (χ3v) is 8.26. The van der Waals surface area contributed by atoms with Crippen molar-refractivity contribution in [2.45, 2.75) is 6.04 Å². The van der Waals surface area contributed by atoms with Crippen LogP contribution in [0.2, 0.25) is 0 Å². The normalized spacial score (nSPS) is 19.6. The number of ether oxygens (including phenoxy) is 1. The Labute approximate surface area is 208 Å². The summed E-state index contributed by atoms with van der Waals surface area (Å²) in [4.78, 5) is 17.3. The van der Waals surface area contributed by atoms with E-state index in [0.717, 1.165) is 23.6 Å². The average molecular weight is 512 g/mol. The lowest BCUT2D eigenvalue weighted by molar-refractivity contribution is 0.0746. The molecule has 2 N–H and O–H groups in total. The third kappa shape index (κ3) is 4.79. The number of benzene rings is 2. The molecule has 9 nitrogen and oxygen atoms in total. The summed E-state index contributed by atoms with van der Waals surface area (Å²) in [6.07, 6.45) is 5.02. The van der Waals surface area contributed by atoms with Gasteiger partial charge in [0.25, 0.3) is 15.9 Å². The number of hydrogen-bond acceptors (Lipinski definition) is 8. The summed E-state index contributed by atoms with van der Waals surface area (Å²) in [7, 11) is -2.14. The fourth-order valence-electron chi connectivity index (χ4n) is 4.28. The first-order valence-corrected chi connectivity index (χ1v) is 13.4. The smallest absolute Gasteiger partial charge is 0.260 e. The van der Waals surface area contributed by atoms with Gasteiger partial charge in [0.05, 0.1) is 41.6 Å². The molecule has 1 aliphatic carbocycles. The molecule has 182 valence electrons. The lowest BCUT2D eigenvalue weighted by atomic mass is 10.1. The predicted molar refractivity (Wildman–Crippen MR) is 139 cm³/mol. The summed E-state index contributed by atoms with van der Waals surface area (Å²) in [6, 6.07) is 13.9. The Hall–Kier alpha value is -3.28. The van der Waals surface area contributed by atoms with Crippen molar-refractivity contribution in [3.8, 4) is 5.75 Å². The molecule has 2 aromatic carbocycles. The quantitative estimate of drug-likeness (QED) is 0.575. The van der Waals surface area contributed by atoms with Crippen molar-refractivity contribution in [3.63, 3.8) is 0 Å². The Kier molecular flexibility index (Phi) is 6.54. The SMILES string of the molecule is COc1ccccc1N1CCN(C(=O)c2ccc(NS(=O)(=O)C3=CC=CC4=NSNC34)cc2)CC1. The van der Waals surface area contributed by atoms with Crippen LogP contribution < -0.4 is 19.1 Å². The Morgan fingerprint density at radius 1 is 1.11 bits per heavy atom. The predicted octanol–water partition coefficient (Wildman–Crippen LogP) is 2.83. The van der Waals surface area contributed by atoms with Gasteiger partial charge in [0.1, 0.15) is 5.75 Å². The van der Waals surface area contributed by atoms with E-state index in [-0.39, 0.29) is 10.8 Å². The Bertz CT molecular complexity index is 1310. The summed E-state index contributed by atoms with van der Waals surface area (Å²) in [5.74, 6) is 0.739. The summed E-state index contributed by atoms with van der Waals surface area (Å²) < 4.78 is 41.1. The number of amides is 1. The first-order chi connectivity index (χ1) is 17.0. The van der Waals surface area contributed by atoms with Crippen LogP contribution in [0.1, 0.15) is 10.4 Å². The molecule has 0 bridgehead atoms. The Morgan fingerprint density at radius 3 is 2.60 bits per heavy atom. The van der Waals surface area contributed by atoms with Gasteiger partial charge >= 0.3 is 0 Å². The monoisotopic (exact) mass is 511 g/mol. The molecule has 1 unspecified atom stereocenters. The Morgan fingerprint density at radius 2 is 1.86 bits per heavy atom. The van der Waals surface area contributed by atoms with E-state index in [4.69, 9.17) is 4.74 Å². The minimum Gasteiger partial charge on any atom is -0.495 e. The molecule has 2 aromatic rings. The minimum absolute atomic E-state index is 0.0766. The molecule has 1 fully saturated rings. The maximum absolute atomic E-state index is 13.0. The number of carbonyl (C=O) groups is 1. The number of sulfonamides is 1. The molecule has 0 radical (unpaired) electrons. The highest BCUT2D eigenvalue weighted by atomic mass is 32.2. The fourth-order valence-corrected chi connectivity index (χ4v) is 6.34. The van der Waals surface area contributed by atoms with E-state index in [1.54, 1.807) is 49.6 Å². The van der Waals surface area contributed by atoms with Crippen LogP contribution in [-0.4, -0.2) is 64.3 Å². The van der Waals surface area contributed by atoms with Gasteiger partial charge in [0.2, 0.25) is 0 Å². The molecule has 11 heteroatoms. The molecule has 2 aliphatic heterocycles. The molecular weight excluding hydrogens is 486 g/mol. The number of allylic oxidation sites excluding steroid dienone is 2. The number of nitrogens with zero attached hydrogens (tertiary/aromatic N) is 3. The van der Waals surface area contributed by atoms with E-state index < -0.39 is 16.1 Å². The highest BCUT2D eigenvalue weighted by molar-refractivity contribution is 7.97. The van der Waals surface area contributed by atoms with Gasteiger partial charge < -0.3 is 14.5 Å². The van der Waals surface area contributed by atoms with E-state index in [9.17, 15) is 13.2 Å². The topological polar surface area (TPSA) is 103 Å². The first kappa shape index (κ1) is 23.5. The zero-order chi connectivity index (χ0) is 24.4. The molecule has 1 saturated heterocycles. The van der Waals surface area contributed by atoms with Crippen LogP contribution in [0.4, 0.5) is 11.4 Å². The van der Waals surface area contributed by atoms with Gasteiger partial charge in [-0.3, -0.25) is 9.52 Å². The highest BCUT2D eigenvalue weighted by Crippen LogP contribution is 2.29. The van der Waals surface area contributed by atoms with Crippen LogP contribution in [-0.2, 0) is 10.0 Å². The highest BCUT2D eigenvalue weighted by Gasteiger charge is 2.33. The first-order valence-electron chi connectivity index (χ1n) is 11.1. The van der Waals surface area contributed by atoms with Crippen LogP contribution in [0.15, 0.2) is 76.1 Å². The van der Waals surface area contributed by atoms with Gasteiger partial charge in [0, 0.05) is 37.4 Å². The third-order valence-electron chi connectivity index (χ3n) is 6.12. The number of carbonyl (C=O) groups excluding carboxylic acids is 1. The summed E-state index contributed by atoms with van der Waals surface area (Å²) in [6.45, 7) is 2.57. The number of para-hydroxylation sites is 2. The second-order valence-corrected chi connectivity index (χ2v) is 10.5. The zero-order valence-corrected chi connectivity index (χ0v) is 20.7. The van der Waals surface area contributed by atoms with Gasteiger partial charge in [-0.15, -0.1) is 0 Å². The lowest BCUT2D eigenvalue weighted by Crippen LogP contribution is -2.48. The molecule has 0 spiro atoms. The van der Waals surface area contributed by atoms with Crippen LogP contribution in [0.25, 0.3) is 0 Å². The lowest BCUT2D eigenvalue weighted by Gasteiger charge is -2.36. The van der Waals surface area contributed by atoms with Crippen LogP contribution in [0.3, 0.4) is 0 Å². The molecule has 0 aromatic heterocycles. The van der Waals surface area contributed by atoms with Crippen molar-refractivity contribution >= 4 is 45.2 Å². The van der Waals surface area contributed by atoms with E-state index in [1.165, 1.54) is 0 Å². The number of rotatable bonds is 6. The number of nitrogens with one attached hydrogen (secondary N) is 2. The largest absolute Gasteiger partial charge is 0.495 e. The van der Waals surface area contributed by atoms with Crippen LogP contribution in [0, 0.1) is 0 Å². The van der Waals surface area contributed by atoms with E-state index in [0.29, 0.717) is 43.1 Å². The molecule has 0 saturated carbocycles. The molecule has 2 heterocycles. The number of fused-ring (bicyclic) bond motifs is 1. The molecule has 35 heavy (non-hydrogen) atoms. The van der Waals surface area contributed by atoms with Gasteiger partial charge in [0.15, 0.2) is 0 Å². The van der Waals surface area contributed by atoms with Crippen molar-refractivity contribution < 1.29 is 17.9 Å². The number of anilines is 2. The molecule has 5 rings (SSSR count). The van der Waals surface area contributed by atoms with E-state index in [2.05, 4.69) is 18.7 Å². The summed E-state index contributed by atoms with van der Waals surface area (Å²) >= 11 is 1.13. The maximum atomic E-state index is 13.0.